The number of guanidine groups is 1. The van der Waals surface area contributed by atoms with Gasteiger partial charge in [0.05, 0.1) is 6.54 Å². The van der Waals surface area contributed by atoms with Crippen LogP contribution in [0.25, 0.3) is 0 Å². The zero-order valence-electron chi connectivity index (χ0n) is 17.3. The minimum Gasteiger partial charge on any atom is -0.484 e. The van der Waals surface area contributed by atoms with Crippen LogP contribution in [0, 0.1) is 0 Å². The highest BCUT2D eigenvalue weighted by Crippen LogP contribution is 2.18. The van der Waals surface area contributed by atoms with E-state index >= 15 is 0 Å². The van der Waals surface area contributed by atoms with E-state index in [1.54, 1.807) is 19.2 Å². The molecule has 0 atom stereocenters. The number of benzene rings is 2. The molecule has 6 nitrogen and oxygen atoms in total. The quantitative estimate of drug-likeness (QED) is 0.263. The average molecular weight is 550 g/mol. The lowest BCUT2D eigenvalue weighted by molar-refractivity contribution is -0.153. The molecule has 0 saturated heterocycles. The summed E-state index contributed by atoms with van der Waals surface area (Å²) in [6.07, 6.45) is -3.49. The molecule has 170 valence electrons. The van der Waals surface area contributed by atoms with E-state index < -0.39 is 12.8 Å². The van der Waals surface area contributed by atoms with Gasteiger partial charge in [0.25, 0.3) is 0 Å². The van der Waals surface area contributed by atoms with Crippen LogP contribution in [0.2, 0.25) is 0 Å². The molecular weight excluding hydrogens is 524 g/mol. The molecule has 1 amide bonds. The second-order valence-corrected chi connectivity index (χ2v) is 6.43. The number of nitrogens with zero attached hydrogens (tertiary/aromatic N) is 1. The summed E-state index contributed by atoms with van der Waals surface area (Å²) in [7, 11) is 1.58. The molecule has 0 aliphatic rings. The van der Waals surface area contributed by atoms with Crippen molar-refractivity contribution in [3.63, 3.8) is 0 Å². The topological polar surface area (TPSA) is 74.8 Å². The van der Waals surface area contributed by atoms with E-state index in [1.807, 2.05) is 31.2 Å². The zero-order chi connectivity index (χ0) is 22.0. The van der Waals surface area contributed by atoms with E-state index in [0.29, 0.717) is 12.5 Å². The first-order chi connectivity index (χ1) is 14.3. The number of halogens is 4. The smallest absolute Gasteiger partial charge is 0.422 e. The van der Waals surface area contributed by atoms with Crippen molar-refractivity contribution in [1.29, 1.82) is 0 Å². The molecule has 2 rings (SSSR count). The minimum absolute atomic E-state index is 0. The van der Waals surface area contributed by atoms with Gasteiger partial charge in [-0.1, -0.05) is 31.2 Å². The van der Waals surface area contributed by atoms with Gasteiger partial charge in [0.1, 0.15) is 5.75 Å². The van der Waals surface area contributed by atoms with Crippen molar-refractivity contribution >= 4 is 41.5 Å². The van der Waals surface area contributed by atoms with Gasteiger partial charge in [-0.2, -0.15) is 13.2 Å². The summed E-state index contributed by atoms with van der Waals surface area (Å²) >= 11 is 0. The summed E-state index contributed by atoms with van der Waals surface area (Å²) in [5.74, 6) is 0.352. The number of nitrogens with one attached hydrogen (secondary N) is 3. The third kappa shape index (κ3) is 10.4. The van der Waals surface area contributed by atoms with E-state index in [-0.39, 0.29) is 42.2 Å². The molecule has 0 aromatic heterocycles. The fraction of sp³-hybridized carbons (Fsp3) is 0.333. The lowest BCUT2D eigenvalue weighted by Crippen LogP contribution is -2.41. The summed E-state index contributed by atoms with van der Waals surface area (Å²) in [6, 6.07) is 13.9. The minimum atomic E-state index is -4.37. The van der Waals surface area contributed by atoms with E-state index in [0.717, 1.165) is 23.2 Å². The number of hydrogen-bond donors (Lipinski definition) is 3. The van der Waals surface area contributed by atoms with Gasteiger partial charge in [-0.05, 0) is 41.8 Å². The number of amides is 1. The van der Waals surface area contributed by atoms with Gasteiger partial charge in [0.2, 0.25) is 5.91 Å². The molecule has 0 bridgehead atoms. The molecule has 0 aliphatic carbocycles. The molecule has 0 spiro atoms. The lowest BCUT2D eigenvalue weighted by Gasteiger charge is -2.13. The molecule has 0 saturated carbocycles. The molecule has 3 N–H and O–H groups in total. The number of aliphatic imine (C=N–C) groups is 1. The van der Waals surface area contributed by atoms with Crippen LogP contribution < -0.4 is 20.7 Å². The number of aryl methyl sites for hydroxylation is 1. The van der Waals surface area contributed by atoms with Gasteiger partial charge in [-0.25, -0.2) is 0 Å². The zero-order valence-corrected chi connectivity index (χ0v) is 19.6. The Hall–Kier alpha value is -2.50. The Morgan fingerprint density at radius 2 is 1.77 bits per heavy atom. The first-order valence-corrected chi connectivity index (χ1v) is 9.41. The lowest BCUT2D eigenvalue weighted by atomic mass is 10.1. The van der Waals surface area contributed by atoms with Crippen molar-refractivity contribution in [2.24, 2.45) is 4.99 Å². The van der Waals surface area contributed by atoms with Gasteiger partial charge in [-0.3, -0.25) is 9.79 Å². The largest absolute Gasteiger partial charge is 0.484 e. The van der Waals surface area contributed by atoms with E-state index in [2.05, 4.69) is 25.7 Å². The van der Waals surface area contributed by atoms with Crippen LogP contribution in [0.4, 0.5) is 18.9 Å². The van der Waals surface area contributed by atoms with Crippen molar-refractivity contribution in [2.75, 3.05) is 25.5 Å². The average Bonchev–Trinajstić information content (AvgIpc) is 2.72. The predicted octanol–water partition coefficient (Wildman–Crippen LogP) is 4.11. The van der Waals surface area contributed by atoms with Crippen molar-refractivity contribution in [3.05, 3.63) is 59.7 Å². The Labute approximate surface area is 196 Å². The van der Waals surface area contributed by atoms with Crippen LogP contribution in [0.3, 0.4) is 0 Å². The van der Waals surface area contributed by atoms with Crippen LogP contribution in [0.15, 0.2) is 53.5 Å². The van der Waals surface area contributed by atoms with Crippen molar-refractivity contribution < 1.29 is 22.7 Å². The summed E-state index contributed by atoms with van der Waals surface area (Å²) in [6.45, 7) is 1.12. The third-order valence-corrected chi connectivity index (χ3v) is 4.04. The molecule has 0 aliphatic heterocycles. The first kappa shape index (κ1) is 26.5. The summed E-state index contributed by atoms with van der Waals surface area (Å²) < 4.78 is 41.2. The van der Waals surface area contributed by atoms with Crippen LogP contribution in [0.5, 0.6) is 5.75 Å². The van der Waals surface area contributed by atoms with Crippen molar-refractivity contribution in [3.8, 4) is 5.75 Å². The number of ether oxygens (including phenoxy) is 1. The maximum Gasteiger partial charge on any atom is 0.422 e. The Kier molecular flexibility index (Phi) is 11.2. The van der Waals surface area contributed by atoms with Gasteiger partial charge < -0.3 is 20.7 Å². The SMILES string of the molecule is CCc1cccc(NC(=O)CNC(=NC)NCc2ccc(OCC(F)(F)F)cc2)c1.I. The Bertz CT molecular complexity index is 858. The van der Waals surface area contributed by atoms with E-state index in [1.165, 1.54) is 12.1 Å². The second-order valence-electron chi connectivity index (χ2n) is 6.43. The monoisotopic (exact) mass is 550 g/mol. The summed E-state index contributed by atoms with van der Waals surface area (Å²) in [4.78, 5) is 16.2. The van der Waals surface area contributed by atoms with Gasteiger partial charge in [-0.15, -0.1) is 24.0 Å². The molecule has 0 heterocycles. The highest BCUT2D eigenvalue weighted by atomic mass is 127. The number of carbonyl (C=O) groups excluding carboxylic acids is 1. The third-order valence-electron chi connectivity index (χ3n) is 4.04. The number of alkyl halides is 3. The van der Waals surface area contributed by atoms with Crippen LogP contribution >= 0.6 is 24.0 Å². The standard InChI is InChI=1S/C21H25F3N4O2.HI/c1-3-15-5-4-6-17(11-15)28-19(29)13-27-20(25-2)26-12-16-7-9-18(10-8-16)30-14-21(22,23)24;/h4-11H,3,12-14H2,1-2H3,(H,28,29)(H2,25,26,27);1H. The molecule has 31 heavy (non-hydrogen) atoms. The maximum atomic E-state index is 12.2. The molecule has 0 radical (unpaired) electrons. The fourth-order valence-electron chi connectivity index (χ4n) is 2.51. The molecule has 2 aromatic carbocycles. The number of anilines is 1. The predicted molar refractivity (Wildman–Crippen MR) is 126 cm³/mol. The second kappa shape index (κ2) is 13.0. The van der Waals surface area contributed by atoms with E-state index in [4.69, 9.17) is 0 Å². The number of carbonyl (C=O) groups is 1. The molecule has 10 heteroatoms. The number of rotatable bonds is 8. The molecule has 0 unspecified atom stereocenters. The molecular formula is C21H26F3IN4O2. The number of hydrogen-bond acceptors (Lipinski definition) is 3. The van der Waals surface area contributed by atoms with Crippen molar-refractivity contribution in [1.82, 2.24) is 10.6 Å². The van der Waals surface area contributed by atoms with Crippen molar-refractivity contribution in [2.45, 2.75) is 26.1 Å². The Morgan fingerprint density at radius 3 is 2.39 bits per heavy atom. The highest BCUT2D eigenvalue weighted by Gasteiger charge is 2.28. The van der Waals surface area contributed by atoms with Gasteiger partial charge in [0, 0.05) is 19.3 Å². The van der Waals surface area contributed by atoms with E-state index in [9.17, 15) is 18.0 Å². The normalized spacial score (nSPS) is 11.3. The van der Waals surface area contributed by atoms with Crippen LogP contribution in [-0.4, -0.2) is 38.2 Å². The first-order valence-electron chi connectivity index (χ1n) is 9.41. The maximum absolute atomic E-state index is 12.2. The Balaban J connectivity index is 0.00000480. The van der Waals surface area contributed by atoms with Crippen LogP contribution in [0.1, 0.15) is 18.1 Å². The van der Waals surface area contributed by atoms with Gasteiger partial charge >= 0.3 is 6.18 Å². The van der Waals surface area contributed by atoms with Crippen LogP contribution in [-0.2, 0) is 17.8 Å². The highest BCUT2D eigenvalue weighted by molar-refractivity contribution is 14.0. The van der Waals surface area contributed by atoms with Gasteiger partial charge in [0.15, 0.2) is 12.6 Å². The fourth-order valence-corrected chi connectivity index (χ4v) is 2.51. The molecule has 0 fully saturated rings. The Morgan fingerprint density at radius 1 is 1.06 bits per heavy atom. The summed E-state index contributed by atoms with van der Waals surface area (Å²) in [5.41, 5.74) is 2.68. The molecule has 2 aromatic rings. The summed E-state index contributed by atoms with van der Waals surface area (Å²) in [5, 5.41) is 8.77.